The van der Waals surface area contributed by atoms with Crippen LogP contribution in [0.1, 0.15) is 22.8 Å². The van der Waals surface area contributed by atoms with Gasteiger partial charge < -0.3 is 19.5 Å². The van der Waals surface area contributed by atoms with Crippen LogP contribution in [0.15, 0.2) is 72.8 Å². The van der Waals surface area contributed by atoms with Crippen LogP contribution in [0.2, 0.25) is 0 Å². The Labute approximate surface area is 164 Å². The molecule has 5 heteroatoms. The number of rotatable bonds is 8. The molecule has 5 nitrogen and oxygen atoms in total. The van der Waals surface area contributed by atoms with Crippen molar-refractivity contribution in [2.24, 2.45) is 0 Å². The Hall–Kier alpha value is -3.47. The smallest absolute Gasteiger partial charge is 0.255 e. The molecule has 28 heavy (non-hydrogen) atoms. The number of anilines is 1. The minimum atomic E-state index is -0.200. The molecule has 0 saturated carbocycles. The van der Waals surface area contributed by atoms with E-state index in [2.05, 4.69) is 5.32 Å². The van der Waals surface area contributed by atoms with Crippen molar-refractivity contribution in [3.63, 3.8) is 0 Å². The van der Waals surface area contributed by atoms with Gasteiger partial charge in [0.2, 0.25) is 0 Å². The standard InChI is InChI=1S/C23H23NO4/c1-3-27-22-14-9-17(15-18(22)16-28-21-7-5-4-6-8-21)23(25)24-19-10-12-20(26-2)13-11-19/h4-15H,3,16H2,1-2H3,(H,24,25). The van der Waals surface area contributed by atoms with Crippen molar-refractivity contribution in [2.45, 2.75) is 13.5 Å². The molecule has 0 bridgehead atoms. The fourth-order valence-corrected chi connectivity index (χ4v) is 2.69. The maximum atomic E-state index is 12.6. The number of methoxy groups -OCH3 is 1. The molecule has 0 heterocycles. The number of hydrogen-bond donors (Lipinski definition) is 1. The second kappa shape index (κ2) is 9.46. The first-order chi connectivity index (χ1) is 13.7. The van der Waals surface area contributed by atoms with Crippen LogP contribution in [-0.2, 0) is 6.61 Å². The maximum absolute atomic E-state index is 12.6. The molecule has 0 aliphatic carbocycles. The molecule has 0 aromatic heterocycles. The topological polar surface area (TPSA) is 56.8 Å². The minimum absolute atomic E-state index is 0.200. The van der Waals surface area contributed by atoms with Gasteiger partial charge in [0.1, 0.15) is 23.9 Å². The van der Waals surface area contributed by atoms with Crippen molar-refractivity contribution in [3.8, 4) is 17.2 Å². The van der Waals surface area contributed by atoms with Crippen LogP contribution in [0, 0.1) is 0 Å². The van der Waals surface area contributed by atoms with E-state index in [4.69, 9.17) is 14.2 Å². The van der Waals surface area contributed by atoms with Crippen LogP contribution in [0.5, 0.6) is 17.2 Å². The molecule has 0 unspecified atom stereocenters. The molecule has 3 aromatic carbocycles. The van der Waals surface area contributed by atoms with Crippen molar-refractivity contribution in [1.29, 1.82) is 0 Å². The molecule has 0 aliphatic rings. The molecule has 0 fully saturated rings. The lowest BCUT2D eigenvalue weighted by molar-refractivity contribution is 0.102. The zero-order valence-electron chi connectivity index (χ0n) is 16.0. The molecular formula is C23H23NO4. The molecule has 0 atom stereocenters. The number of para-hydroxylation sites is 1. The van der Waals surface area contributed by atoms with Gasteiger partial charge in [0.25, 0.3) is 5.91 Å². The second-order valence-electron chi connectivity index (χ2n) is 6.04. The van der Waals surface area contributed by atoms with Crippen LogP contribution in [0.3, 0.4) is 0 Å². The third-order valence-corrected chi connectivity index (χ3v) is 4.11. The highest BCUT2D eigenvalue weighted by molar-refractivity contribution is 6.04. The van der Waals surface area contributed by atoms with Gasteiger partial charge in [0.05, 0.1) is 13.7 Å². The number of nitrogens with one attached hydrogen (secondary N) is 1. The monoisotopic (exact) mass is 377 g/mol. The molecule has 1 amide bonds. The number of carbonyl (C=O) groups is 1. The number of benzene rings is 3. The van der Waals surface area contributed by atoms with Crippen LogP contribution < -0.4 is 19.5 Å². The summed E-state index contributed by atoms with van der Waals surface area (Å²) in [5, 5.41) is 2.89. The van der Waals surface area contributed by atoms with E-state index in [1.54, 1.807) is 49.6 Å². The number of amides is 1. The molecule has 0 aliphatic heterocycles. The molecule has 1 N–H and O–H groups in total. The Morgan fingerprint density at radius 3 is 2.32 bits per heavy atom. The first-order valence-corrected chi connectivity index (χ1v) is 9.08. The first kappa shape index (κ1) is 19.3. The lowest BCUT2D eigenvalue weighted by atomic mass is 10.1. The molecule has 0 radical (unpaired) electrons. The van der Waals surface area contributed by atoms with Gasteiger partial charge in [-0.1, -0.05) is 18.2 Å². The van der Waals surface area contributed by atoms with Crippen LogP contribution in [0.4, 0.5) is 5.69 Å². The fraction of sp³-hybridized carbons (Fsp3) is 0.174. The van der Waals surface area contributed by atoms with E-state index in [0.29, 0.717) is 30.2 Å². The van der Waals surface area contributed by atoms with E-state index in [1.807, 2.05) is 37.3 Å². The summed E-state index contributed by atoms with van der Waals surface area (Å²) in [4.78, 5) is 12.6. The van der Waals surface area contributed by atoms with Gasteiger partial charge in [0.15, 0.2) is 0 Å². The second-order valence-corrected chi connectivity index (χ2v) is 6.04. The molecule has 3 rings (SSSR count). The van der Waals surface area contributed by atoms with Crippen molar-refractivity contribution in [3.05, 3.63) is 83.9 Å². The number of ether oxygens (including phenoxy) is 3. The molecule has 144 valence electrons. The van der Waals surface area contributed by atoms with E-state index in [-0.39, 0.29) is 5.91 Å². The van der Waals surface area contributed by atoms with Gasteiger partial charge in [0, 0.05) is 16.8 Å². The first-order valence-electron chi connectivity index (χ1n) is 9.08. The van der Waals surface area contributed by atoms with E-state index < -0.39 is 0 Å². The predicted octanol–water partition coefficient (Wildman–Crippen LogP) is 4.93. The number of carbonyl (C=O) groups excluding carboxylic acids is 1. The van der Waals surface area contributed by atoms with E-state index >= 15 is 0 Å². The Kier molecular flexibility index (Phi) is 6.52. The minimum Gasteiger partial charge on any atom is -0.497 e. The molecule has 0 saturated heterocycles. The summed E-state index contributed by atoms with van der Waals surface area (Å²) < 4.78 is 16.6. The lowest BCUT2D eigenvalue weighted by Crippen LogP contribution is -2.13. The molecule has 3 aromatic rings. The van der Waals surface area contributed by atoms with E-state index in [9.17, 15) is 4.79 Å². The average molecular weight is 377 g/mol. The highest BCUT2D eigenvalue weighted by Crippen LogP contribution is 2.24. The normalized spacial score (nSPS) is 10.2. The summed E-state index contributed by atoms with van der Waals surface area (Å²) in [6.45, 7) is 2.77. The maximum Gasteiger partial charge on any atom is 0.255 e. The van der Waals surface area contributed by atoms with E-state index in [1.165, 1.54) is 0 Å². The Bertz CT molecular complexity index is 908. The van der Waals surface area contributed by atoms with Gasteiger partial charge in [-0.15, -0.1) is 0 Å². The third kappa shape index (κ3) is 5.04. The van der Waals surface area contributed by atoms with Crippen molar-refractivity contribution in [2.75, 3.05) is 19.0 Å². The Morgan fingerprint density at radius 2 is 1.64 bits per heavy atom. The SMILES string of the molecule is CCOc1ccc(C(=O)Nc2ccc(OC)cc2)cc1COc1ccccc1. The molecule has 0 spiro atoms. The number of hydrogen-bond acceptors (Lipinski definition) is 4. The predicted molar refractivity (Wildman–Crippen MR) is 109 cm³/mol. The van der Waals surface area contributed by atoms with Crippen LogP contribution in [0.25, 0.3) is 0 Å². The van der Waals surface area contributed by atoms with Gasteiger partial charge in [-0.25, -0.2) is 0 Å². The summed E-state index contributed by atoms with van der Waals surface area (Å²) in [6.07, 6.45) is 0. The zero-order chi connectivity index (χ0) is 19.8. The Balaban J connectivity index is 1.75. The molecular weight excluding hydrogens is 354 g/mol. The fourth-order valence-electron chi connectivity index (χ4n) is 2.69. The van der Waals surface area contributed by atoms with Gasteiger partial charge in [-0.3, -0.25) is 4.79 Å². The average Bonchev–Trinajstić information content (AvgIpc) is 2.74. The Morgan fingerprint density at radius 1 is 0.893 bits per heavy atom. The third-order valence-electron chi connectivity index (χ3n) is 4.11. The largest absolute Gasteiger partial charge is 0.497 e. The highest BCUT2D eigenvalue weighted by atomic mass is 16.5. The highest BCUT2D eigenvalue weighted by Gasteiger charge is 2.12. The van der Waals surface area contributed by atoms with Gasteiger partial charge in [-0.2, -0.15) is 0 Å². The van der Waals surface area contributed by atoms with Crippen LogP contribution >= 0.6 is 0 Å². The quantitative estimate of drug-likeness (QED) is 0.605. The van der Waals surface area contributed by atoms with E-state index in [0.717, 1.165) is 17.1 Å². The van der Waals surface area contributed by atoms with Crippen molar-refractivity contribution in [1.82, 2.24) is 0 Å². The summed E-state index contributed by atoms with van der Waals surface area (Å²) in [6, 6.07) is 22.1. The van der Waals surface area contributed by atoms with Gasteiger partial charge in [-0.05, 0) is 61.5 Å². The summed E-state index contributed by atoms with van der Waals surface area (Å²) >= 11 is 0. The van der Waals surface area contributed by atoms with Crippen LogP contribution in [-0.4, -0.2) is 19.6 Å². The van der Waals surface area contributed by atoms with Crippen molar-refractivity contribution >= 4 is 11.6 Å². The summed E-state index contributed by atoms with van der Waals surface area (Å²) in [5.41, 5.74) is 2.04. The summed E-state index contributed by atoms with van der Waals surface area (Å²) in [7, 11) is 1.60. The van der Waals surface area contributed by atoms with Crippen molar-refractivity contribution < 1.29 is 19.0 Å². The lowest BCUT2D eigenvalue weighted by Gasteiger charge is -2.13. The zero-order valence-corrected chi connectivity index (χ0v) is 16.0. The van der Waals surface area contributed by atoms with Gasteiger partial charge >= 0.3 is 0 Å². The summed E-state index contributed by atoms with van der Waals surface area (Å²) in [5.74, 6) is 2.01.